The van der Waals surface area contributed by atoms with Crippen LogP contribution >= 0.6 is 22.1 Å². The molecule has 0 saturated carbocycles. The van der Waals surface area contributed by atoms with Gasteiger partial charge in [-0.25, -0.2) is 0 Å². The normalized spacial score (nSPS) is 11.8. The Morgan fingerprint density at radius 2 is 2.00 bits per heavy atom. The zero-order chi connectivity index (χ0) is 11.9. The van der Waals surface area contributed by atoms with Crippen LogP contribution in [0.4, 0.5) is 0 Å². The van der Waals surface area contributed by atoms with E-state index in [4.69, 9.17) is 4.55 Å². The van der Waals surface area contributed by atoms with Crippen LogP contribution in [0.3, 0.4) is 0 Å². The van der Waals surface area contributed by atoms with Gasteiger partial charge in [0.2, 0.25) is 0 Å². The number of thiophene rings is 1. The number of rotatable bonds is 8. The van der Waals surface area contributed by atoms with Crippen LogP contribution in [0, 0.1) is 0 Å². The Kier molecular flexibility index (Phi) is 6.41. The molecule has 0 amide bonds. The van der Waals surface area contributed by atoms with E-state index in [1.807, 2.05) is 0 Å². The summed E-state index contributed by atoms with van der Waals surface area (Å²) in [6, 6.07) is 2.14. The van der Waals surface area contributed by atoms with E-state index in [9.17, 15) is 8.42 Å². The van der Waals surface area contributed by atoms with E-state index in [2.05, 4.69) is 16.8 Å². The fourth-order valence-corrected chi connectivity index (χ4v) is 3.61. The molecule has 16 heavy (non-hydrogen) atoms. The van der Waals surface area contributed by atoms with Gasteiger partial charge in [0.05, 0.1) is 0 Å². The predicted molar refractivity (Wildman–Crippen MR) is 70.5 cm³/mol. The lowest BCUT2D eigenvalue weighted by molar-refractivity contribution is 0.503. The first-order valence-corrected chi connectivity index (χ1v) is 9.09. The van der Waals surface area contributed by atoms with E-state index in [1.165, 1.54) is 5.56 Å². The maximum absolute atomic E-state index is 10.4. The highest BCUT2D eigenvalue weighted by molar-refractivity contribution is 8.69. The summed E-state index contributed by atoms with van der Waals surface area (Å²) in [4.78, 5) is 0. The van der Waals surface area contributed by atoms with Crippen molar-refractivity contribution in [3.63, 3.8) is 0 Å². The maximum atomic E-state index is 10.4. The standard InChI is InChI=1S/C10H16O3S3/c11-16(12,13)15-7-4-2-1-3-5-10-6-8-14-9-10/h6,8-9H,1-5,7H2,(H,11,12,13). The summed E-state index contributed by atoms with van der Waals surface area (Å²) in [5, 5.41) is 4.24. The molecular formula is C10H16O3S3. The minimum atomic E-state index is -3.83. The fraction of sp³-hybridized carbons (Fsp3) is 0.600. The van der Waals surface area contributed by atoms with Gasteiger partial charge in [0.15, 0.2) is 0 Å². The minimum Gasteiger partial charge on any atom is -0.277 e. The van der Waals surface area contributed by atoms with Gasteiger partial charge in [0, 0.05) is 5.75 Å². The van der Waals surface area contributed by atoms with Crippen molar-refractivity contribution in [2.75, 3.05) is 5.75 Å². The van der Waals surface area contributed by atoms with Gasteiger partial charge in [-0.15, -0.1) is 0 Å². The highest BCUT2D eigenvalue weighted by atomic mass is 33.1. The lowest BCUT2D eigenvalue weighted by atomic mass is 10.1. The minimum absolute atomic E-state index is 0.483. The third kappa shape index (κ3) is 7.27. The first-order valence-electron chi connectivity index (χ1n) is 5.21. The summed E-state index contributed by atoms with van der Waals surface area (Å²) in [5.41, 5.74) is 1.39. The molecule has 0 bridgehead atoms. The third-order valence-corrected chi connectivity index (χ3v) is 5.05. The van der Waals surface area contributed by atoms with Gasteiger partial charge >= 0.3 is 9.15 Å². The van der Waals surface area contributed by atoms with Crippen molar-refractivity contribution in [1.29, 1.82) is 0 Å². The zero-order valence-corrected chi connectivity index (χ0v) is 11.4. The fourth-order valence-electron chi connectivity index (χ4n) is 1.38. The molecular weight excluding hydrogens is 264 g/mol. The van der Waals surface area contributed by atoms with Crippen molar-refractivity contribution >= 4 is 31.3 Å². The van der Waals surface area contributed by atoms with Crippen molar-refractivity contribution in [1.82, 2.24) is 0 Å². The molecule has 1 N–H and O–H groups in total. The van der Waals surface area contributed by atoms with E-state index < -0.39 is 9.15 Å². The largest absolute Gasteiger partial charge is 0.319 e. The van der Waals surface area contributed by atoms with Crippen LogP contribution in [0.1, 0.15) is 31.2 Å². The van der Waals surface area contributed by atoms with Gasteiger partial charge in [-0.2, -0.15) is 19.8 Å². The number of aryl methyl sites for hydroxylation is 1. The molecule has 0 atom stereocenters. The molecule has 92 valence electrons. The molecule has 0 aliphatic heterocycles. The summed E-state index contributed by atoms with van der Waals surface area (Å²) in [6.07, 6.45) is 5.23. The molecule has 0 fully saturated rings. The highest BCUT2D eigenvalue weighted by Gasteiger charge is 2.03. The van der Waals surface area contributed by atoms with Gasteiger partial charge in [-0.3, -0.25) is 4.55 Å². The Hall–Kier alpha value is -0.0400. The molecule has 0 spiro atoms. The van der Waals surface area contributed by atoms with Gasteiger partial charge in [0.1, 0.15) is 0 Å². The monoisotopic (exact) mass is 280 g/mol. The summed E-state index contributed by atoms with van der Waals surface area (Å²) < 4.78 is 29.3. The topological polar surface area (TPSA) is 54.4 Å². The van der Waals surface area contributed by atoms with Crippen LogP contribution in [0.2, 0.25) is 0 Å². The second-order valence-corrected chi connectivity index (χ2v) is 7.80. The predicted octanol–water partition coefficient (Wildman–Crippen LogP) is 3.39. The van der Waals surface area contributed by atoms with Crippen LogP contribution in [-0.4, -0.2) is 18.7 Å². The van der Waals surface area contributed by atoms with Crippen molar-refractivity contribution in [2.45, 2.75) is 32.1 Å². The molecule has 0 aromatic carbocycles. The van der Waals surface area contributed by atoms with Crippen molar-refractivity contribution < 1.29 is 13.0 Å². The lowest BCUT2D eigenvalue weighted by Gasteiger charge is -1.99. The van der Waals surface area contributed by atoms with Crippen molar-refractivity contribution in [3.8, 4) is 0 Å². The Morgan fingerprint density at radius 3 is 2.62 bits per heavy atom. The molecule has 1 rings (SSSR count). The van der Waals surface area contributed by atoms with E-state index in [-0.39, 0.29) is 0 Å². The second-order valence-electron chi connectivity index (χ2n) is 3.55. The van der Waals surface area contributed by atoms with Gasteiger partial charge in [0.25, 0.3) is 0 Å². The molecule has 0 aliphatic carbocycles. The molecule has 0 unspecified atom stereocenters. The summed E-state index contributed by atoms with van der Waals surface area (Å²) >= 11 is 1.72. The van der Waals surface area contributed by atoms with Crippen LogP contribution in [0.25, 0.3) is 0 Å². The number of unbranched alkanes of at least 4 members (excludes halogenated alkanes) is 3. The lowest BCUT2D eigenvalue weighted by Crippen LogP contribution is -1.92. The van der Waals surface area contributed by atoms with Crippen molar-refractivity contribution in [3.05, 3.63) is 22.4 Å². The Labute approximate surface area is 104 Å². The number of hydrogen-bond donors (Lipinski definition) is 1. The zero-order valence-electron chi connectivity index (χ0n) is 8.96. The van der Waals surface area contributed by atoms with E-state index in [1.54, 1.807) is 11.3 Å². The molecule has 0 saturated heterocycles. The van der Waals surface area contributed by atoms with Crippen LogP contribution < -0.4 is 0 Å². The molecule has 1 aromatic rings. The molecule has 6 heteroatoms. The molecule has 0 aliphatic rings. The average Bonchev–Trinajstić information content (AvgIpc) is 2.67. The molecule has 3 nitrogen and oxygen atoms in total. The smallest absolute Gasteiger partial charge is 0.277 e. The summed E-state index contributed by atoms with van der Waals surface area (Å²) in [6.45, 7) is 0. The Balaban J connectivity index is 1.93. The first kappa shape index (κ1) is 14.0. The average molecular weight is 280 g/mol. The van der Waals surface area contributed by atoms with E-state index >= 15 is 0 Å². The highest BCUT2D eigenvalue weighted by Crippen LogP contribution is 2.14. The van der Waals surface area contributed by atoms with Gasteiger partial charge in [-0.1, -0.05) is 12.8 Å². The summed E-state index contributed by atoms with van der Waals surface area (Å²) in [5.74, 6) is 0.483. The third-order valence-electron chi connectivity index (χ3n) is 2.17. The summed E-state index contributed by atoms with van der Waals surface area (Å²) in [7, 11) is -3.22. The van der Waals surface area contributed by atoms with Crippen LogP contribution in [0.5, 0.6) is 0 Å². The SMILES string of the molecule is O=S(=O)(O)SCCCCCCc1ccsc1. The Bertz CT molecular complexity index is 370. The number of hydrogen-bond acceptors (Lipinski definition) is 4. The first-order chi connectivity index (χ1) is 7.58. The molecule has 0 radical (unpaired) electrons. The van der Waals surface area contributed by atoms with Crippen molar-refractivity contribution in [2.24, 2.45) is 0 Å². The quantitative estimate of drug-likeness (QED) is 0.450. The van der Waals surface area contributed by atoms with Gasteiger partial charge < -0.3 is 0 Å². The molecule has 1 aromatic heterocycles. The maximum Gasteiger partial charge on any atom is 0.319 e. The van der Waals surface area contributed by atoms with Gasteiger partial charge in [-0.05, 0) is 52.4 Å². The van der Waals surface area contributed by atoms with E-state index in [0.29, 0.717) is 16.5 Å². The Morgan fingerprint density at radius 1 is 1.25 bits per heavy atom. The van der Waals surface area contributed by atoms with E-state index in [0.717, 1.165) is 32.1 Å². The van der Waals surface area contributed by atoms with Crippen LogP contribution in [-0.2, 0) is 15.6 Å². The molecule has 1 heterocycles. The second kappa shape index (κ2) is 7.32. The van der Waals surface area contributed by atoms with Crippen LogP contribution in [0.15, 0.2) is 16.8 Å².